The van der Waals surface area contributed by atoms with Crippen molar-refractivity contribution in [3.8, 4) is 22.6 Å². The highest BCUT2D eigenvalue weighted by Gasteiger charge is 2.44. The maximum atomic E-state index is 14.6. The van der Waals surface area contributed by atoms with Crippen molar-refractivity contribution in [1.82, 2.24) is 5.32 Å². The number of hydrogen-bond donors (Lipinski definition) is 1. The predicted octanol–water partition coefficient (Wildman–Crippen LogP) is 9.29. The number of alkyl carbamates (subject to hydrolysis) is 1. The van der Waals surface area contributed by atoms with Gasteiger partial charge in [-0.2, -0.15) is 0 Å². The van der Waals surface area contributed by atoms with Gasteiger partial charge in [-0.05, 0) is 77.0 Å². The number of amides is 1. The second-order valence-electron chi connectivity index (χ2n) is 17.0. The largest absolute Gasteiger partial charge is 0.495 e. The quantitative estimate of drug-likeness (QED) is 0.0839. The van der Waals surface area contributed by atoms with Crippen LogP contribution in [-0.4, -0.2) is 77.8 Å². The highest BCUT2D eigenvalue weighted by Crippen LogP contribution is 2.59. The van der Waals surface area contributed by atoms with Gasteiger partial charge in [0.25, 0.3) is 0 Å². The first-order valence-electron chi connectivity index (χ1n) is 21.4. The van der Waals surface area contributed by atoms with Crippen LogP contribution in [-0.2, 0) is 30.0 Å². The number of nitrogens with one attached hydrogen (secondary N) is 1. The van der Waals surface area contributed by atoms with Gasteiger partial charge < -0.3 is 38.8 Å². The predicted molar refractivity (Wildman–Crippen MR) is 240 cm³/mol. The molecule has 0 bridgehead atoms. The fourth-order valence-corrected chi connectivity index (χ4v) is 9.62. The Hall–Kier alpha value is -6.33. The van der Waals surface area contributed by atoms with Crippen molar-refractivity contribution in [2.24, 2.45) is 0 Å². The second kappa shape index (κ2) is 16.5. The lowest BCUT2D eigenvalue weighted by molar-refractivity contribution is -0.138. The van der Waals surface area contributed by atoms with Crippen molar-refractivity contribution >= 4 is 40.3 Å². The van der Waals surface area contributed by atoms with Crippen LogP contribution in [0.5, 0.6) is 11.5 Å². The van der Waals surface area contributed by atoms with Gasteiger partial charge >= 0.3 is 12.1 Å². The number of fused-ring (bicyclic) bond motifs is 8. The van der Waals surface area contributed by atoms with Crippen LogP contribution in [0.25, 0.3) is 28.0 Å². The second-order valence-corrected chi connectivity index (χ2v) is 17.0. The van der Waals surface area contributed by atoms with E-state index in [9.17, 15) is 14.0 Å². The first kappa shape index (κ1) is 41.0. The van der Waals surface area contributed by atoms with Gasteiger partial charge in [0.15, 0.2) is 5.60 Å². The molecule has 0 spiro atoms. The van der Waals surface area contributed by atoms with Crippen LogP contribution in [0, 0.1) is 5.82 Å². The van der Waals surface area contributed by atoms with Crippen molar-refractivity contribution < 1.29 is 37.7 Å². The minimum Gasteiger partial charge on any atom is -0.495 e. The summed E-state index contributed by atoms with van der Waals surface area (Å²) in [4.78, 5) is 28.9. The molecule has 0 aromatic heterocycles. The van der Waals surface area contributed by atoms with Gasteiger partial charge in [-0.25, -0.2) is 14.0 Å². The Morgan fingerprint density at radius 2 is 1.60 bits per heavy atom. The van der Waals surface area contributed by atoms with Gasteiger partial charge in [-0.1, -0.05) is 75.0 Å². The maximum Gasteiger partial charge on any atom is 0.407 e. The average Bonchev–Trinajstić information content (AvgIpc) is 3.54. The number of ether oxygens (including phenoxy) is 5. The van der Waals surface area contributed by atoms with Gasteiger partial charge in [-0.15, -0.1) is 0 Å². The van der Waals surface area contributed by atoms with E-state index in [1.165, 1.54) is 34.4 Å². The zero-order valence-corrected chi connectivity index (χ0v) is 35.7. The van der Waals surface area contributed by atoms with E-state index < -0.39 is 17.7 Å². The van der Waals surface area contributed by atoms with E-state index >= 15 is 0 Å². The number of morpholine rings is 1. The monoisotopic (exact) mass is 837 g/mol. The third kappa shape index (κ3) is 7.31. The number of carbonyl (C=O) groups is 2. The summed E-state index contributed by atoms with van der Waals surface area (Å²) in [6.07, 6.45) is 4.76. The van der Waals surface area contributed by atoms with E-state index in [2.05, 4.69) is 108 Å². The van der Waals surface area contributed by atoms with Crippen molar-refractivity contribution in [2.75, 3.05) is 69.5 Å². The van der Waals surface area contributed by atoms with E-state index in [1.54, 1.807) is 14.0 Å². The maximum absolute atomic E-state index is 14.6. The van der Waals surface area contributed by atoms with Crippen LogP contribution in [0.1, 0.15) is 61.4 Å². The molecule has 5 aromatic carbocycles. The molecule has 3 heterocycles. The first-order chi connectivity index (χ1) is 30.0. The molecular weight excluding hydrogens is 786 g/mol. The summed E-state index contributed by atoms with van der Waals surface area (Å²) in [5.41, 5.74) is 8.48. The molecule has 0 radical (unpaired) electrons. The number of methoxy groups -OCH3 is 1. The molecule has 1 N–H and O–H groups in total. The molecule has 1 aliphatic carbocycles. The Morgan fingerprint density at radius 3 is 2.29 bits per heavy atom. The van der Waals surface area contributed by atoms with Gasteiger partial charge in [-0.3, -0.25) is 0 Å². The van der Waals surface area contributed by atoms with Crippen molar-refractivity contribution in [2.45, 2.75) is 50.7 Å². The van der Waals surface area contributed by atoms with Crippen molar-refractivity contribution in [3.05, 3.63) is 137 Å². The Bertz CT molecular complexity index is 2570. The smallest absolute Gasteiger partial charge is 0.407 e. The van der Waals surface area contributed by atoms with Crippen LogP contribution >= 0.6 is 0 Å². The zero-order chi connectivity index (χ0) is 43.2. The number of anilines is 2. The average molecular weight is 838 g/mol. The molecule has 2 saturated heterocycles. The lowest BCUT2D eigenvalue weighted by Gasteiger charge is -2.39. The van der Waals surface area contributed by atoms with E-state index in [1.807, 2.05) is 12.1 Å². The molecule has 9 rings (SSSR count). The summed E-state index contributed by atoms with van der Waals surface area (Å²) in [5, 5.41) is 4.63. The molecule has 1 atom stereocenters. The SMILES string of the molecule is C=C(C)C(=O)OCCNC(=O)OC1CCN(c2cc3c4c(c5c(c3cc2OC)OC(c2ccc(F)cc2)(c2ccc(N3CCOCC3)cc2)C=C5)C(C)(C)c2ccccc2-4)CC1. The third-order valence-corrected chi connectivity index (χ3v) is 12.8. The number of nitrogens with zero attached hydrogens (tertiary/aromatic N) is 2. The Morgan fingerprint density at radius 1 is 0.903 bits per heavy atom. The topological polar surface area (TPSA) is 98.8 Å². The van der Waals surface area contributed by atoms with E-state index in [0.29, 0.717) is 50.5 Å². The molecule has 4 aliphatic rings. The molecule has 1 amide bonds. The van der Waals surface area contributed by atoms with Crippen LogP contribution in [0.2, 0.25) is 0 Å². The number of benzene rings is 5. The van der Waals surface area contributed by atoms with Crippen LogP contribution in [0.15, 0.2) is 103 Å². The minimum absolute atomic E-state index is 0.0343. The summed E-state index contributed by atoms with van der Waals surface area (Å²) in [6, 6.07) is 28.1. The van der Waals surface area contributed by atoms with Crippen molar-refractivity contribution in [3.63, 3.8) is 0 Å². The van der Waals surface area contributed by atoms with E-state index in [4.69, 9.17) is 23.7 Å². The summed E-state index contributed by atoms with van der Waals surface area (Å²) in [5.74, 6) is 0.625. The number of esters is 1. The molecule has 1 unspecified atom stereocenters. The molecule has 62 heavy (non-hydrogen) atoms. The van der Waals surface area contributed by atoms with Gasteiger partial charge in [0.2, 0.25) is 0 Å². The summed E-state index contributed by atoms with van der Waals surface area (Å²) in [6.45, 7) is 14.2. The van der Waals surface area contributed by atoms with Gasteiger partial charge in [0.05, 0.1) is 32.6 Å². The zero-order valence-electron chi connectivity index (χ0n) is 35.7. The Kier molecular flexibility index (Phi) is 10.9. The number of carbonyl (C=O) groups excluding carboxylic acids is 2. The lowest BCUT2D eigenvalue weighted by Crippen LogP contribution is -2.40. The number of piperidine rings is 1. The third-order valence-electron chi connectivity index (χ3n) is 12.8. The normalized spacial score (nSPS) is 18.9. The van der Waals surface area contributed by atoms with E-state index in [0.717, 1.165) is 57.7 Å². The molecule has 11 heteroatoms. The number of hydrogen-bond acceptors (Lipinski definition) is 9. The van der Waals surface area contributed by atoms with Crippen LogP contribution < -0.4 is 24.6 Å². The molecule has 3 aliphatic heterocycles. The summed E-state index contributed by atoms with van der Waals surface area (Å²) < 4.78 is 44.8. The standard InChI is InChI=1S/C51H52FN3O7/c1-32(2)48(56)60-27-22-53-49(57)61-37-19-23-55(24-20-37)43-30-40-41(31-44(43)58-5)47-39(46-45(40)38-8-6-7-9-42(38)50(46,3)4)18-21-51(62-47,33-10-14-35(52)15-11-33)34-12-16-36(17-13-34)54-25-28-59-29-26-54/h6-18,21,30-31,37H,1,19-20,22-29H2,2-5H3,(H,53,57). The molecule has 5 aromatic rings. The van der Waals surface area contributed by atoms with Crippen LogP contribution in [0.4, 0.5) is 20.6 Å². The fourth-order valence-electron chi connectivity index (χ4n) is 9.62. The minimum atomic E-state index is -1.07. The van der Waals surface area contributed by atoms with E-state index in [-0.39, 0.29) is 30.5 Å². The Balaban J connectivity index is 1.10. The molecule has 0 saturated carbocycles. The number of rotatable bonds is 10. The molecule has 2 fully saturated rings. The highest BCUT2D eigenvalue weighted by molar-refractivity contribution is 6.10. The summed E-state index contributed by atoms with van der Waals surface area (Å²) in [7, 11) is 1.69. The Labute approximate surface area is 361 Å². The van der Waals surface area contributed by atoms with Crippen LogP contribution in [0.3, 0.4) is 0 Å². The fraction of sp³-hybridized carbons (Fsp3) is 0.333. The lowest BCUT2D eigenvalue weighted by atomic mass is 9.76. The summed E-state index contributed by atoms with van der Waals surface area (Å²) >= 11 is 0. The molecule has 10 nitrogen and oxygen atoms in total. The van der Waals surface area contributed by atoms with Gasteiger partial charge in [0, 0.05) is 77.8 Å². The van der Waals surface area contributed by atoms with Crippen molar-refractivity contribution in [1.29, 1.82) is 0 Å². The van der Waals surface area contributed by atoms with Gasteiger partial charge in [0.1, 0.15) is 30.0 Å². The number of halogens is 1. The molecular formula is C51H52FN3O7. The first-order valence-corrected chi connectivity index (χ1v) is 21.4. The highest BCUT2D eigenvalue weighted by atomic mass is 19.1. The molecule has 320 valence electrons.